The molecule has 14 heavy (non-hydrogen) atoms. The quantitative estimate of drug-likeness (QED) is 0.539. The Labute approximate surface area is 80.4 Å². The van der Waals surface area contributed by atoms with E-state index in [1.165, 1.54) is 0 Å². The molecule has 0 unspecified atom stereocenters. The smallest absolute Gasteiger partial charge is 0.172 e. The molecule has 0 aliphatic carbocycles. The minimum atomic E-state index is 0.747. The van der Waals surface area contributed by atoms with Gasteiger partial charge in [-0.2, -0.15) is 0 Å². The van der Waals surface area contributed by atoms with E-state index < -0.39 is 0 Å². The minimum Gasteiger partial charge on any atom is -0.452 e. The molecule has 3 aromatic rings. The lowest BCUT2D eigenvalue weighted by Gasteiger charge is -1.90. The number of nitrogens with zero attached hydrogens (tertiary/aromatic N) is 2. The molecule has 1 aromatic carbocycles. The Morgan fingerprint density at radius 1 is 1.29 bits per heavy atom. The lowest BCUT2D eigenvalue weighted by atomic mass is 10.2. The highest BCUT2D eigenvalue weighted by molar-refractivity contribution is 6.02. The highest BCUT2D eigenvalue weighted by Gasteiger charge is 2.08. The third-order valence-electron chi connectivity index (χ3n) is 2.36. The Kier molecular flexibility index (Phi) is 1.36. The van der Waals surface area contributed by atoms with Crippen molar-refractivity contribution in [3.8, 4) is 0 Å². The van der Waals surface area contributed by atoms with Crippen molar-refractivity contribution in [1.29, 1.82) is 0 Å². The van der Waals surface area contributed by atoms with Crippen molar-refractivity contribution in [3.63, 3.8) is 0 Å². The molecular weight excluding hydrogens is 176 g/mol. The van der Waals surface area contributed by atoms with Crippen molar-refractivity contribution < 1.29 is 4.42 Å². The maximum absolute atomic E-state index is 5.66. The monoisotopic (exact) mass is 184 g/mol. The summed E-state index contributed by atoms with van der Waals surface area (Å²) >= 11 is 0. The summed E-state index contributed by atoms with van der Waals surface area (Å²) in [6.45, 7) is 2.03. The summed E-state index contributed by atoms with van der Waals surface area (Å²) in [5.41, 5.74) is 3.67. The van der Waals surface area contributed by atoms with Crippen molar-refractivity contribution in [2.24, 2.45) is 0 Å². The van der Waals surface area contributed by atoms with E-state index in [-0.39, 0.29) is 0 Å². The van der Waals surface area contributed by atoms with Crippen molar-refractivity contribution in [1.82, 2.24) is 9.97 Å². The molecule has 0 spiro atoms. The van der Waals surface area contributed by atoms with Gasteiger partial charge in [-0.15, -0.1) is 0 Å². The zero-order valence-electron chi connectivity index (χ0n) is 7.69. The highest BCUT2D eigenvalue weighted by Crippen LogP contribution is 2.27. The number of rotatable bonds is 0. The van der Waals surface area contributed by atoms with Crippen LogP contribution in [0.25, 0.3) is 22.1 Å². The maximum Gasteiger partial charge on any atom is 0.172 e. The van der Waals surface area contributed by atoms with E-state index in [4.69, 9.17) is 4.42 Å². The number of fused-ring (bicyclic) bond motifs is 3. The number of aryl methyl sites for hydroxylation is 1. The van der Waals surface area contributed by atoms with Gasteiger partial charge in [0.1, 0.15) is 17.4 Å². The van der Waals surface area contributed by atoms with Gasteiger partial charge < -0.3 is 4.42 Å². The van der Waals surface area contributed by atoms with Crippen molar-refractivity contribution in [3.05, 3.63) is 36.3 Å². The topological polar surface area (TPSA) is 38.9 Å². The molecule has 3 nitrogen and oxygen atoms in total. The Balaban J connectivity index is 2.63. The van der Waals surface area contributed by atoms with E-state index in [1.807, 2.05) is 25.1 Å². The lowest BCUT2D eigenvalue weighted by molar-refractivity contribution is 0.662. The van der Waals surface area contributed by atoms with Crippen LogP contribution in [0.2, 0.25) is 0 Å². The highest BCUT2D eigenvalue weighted by atomic mass is 16.3. The van der Waals surface area contributed by atoms with Gasteiger partial charge >= 0.3 is 0 Å². The van der Waals surface area contributed by atoms with Gasteiger partial charge in [0.15, 0.2) is 5.58 Å². The molecule has 0 aliphatic heterocycles. The molecule has 0 bridgehead atoms. The van der Waals surface area contributed by atoms with Gasteiger partial charge in [-0.05, 0) is 18.6 Å². The first kappa shape index (κ1) is 7.50. The summed E-state index contributed by atoms with van der Waals surface area (Å²) in [7, 11) is 0. The molecular formula is C11H8N2O. The van der Waals surface area contributed by atoms with Crippen LogP contribution in [0.4, 0.5) is 0 Å². The van der Waals surface area contributed by atoms with E-state index >= 15 is 0 Å². The summed E-state index contributed by atoms with van der Waals surface area (Å²) in [6.07, 6.45) is 3.24. The molecule has 0 saturated carbocycles. The lowest BCUT2D eigenvalue weighted by Crippen LogP contribution is -1.75. The largest absolute Gasteiger partial charge is 0.452 e. The summed E-state index contributed by atoms with van der Waals surface area (Å²) in [6, 6.07) is 6.05. The van der Waals surface area contributed by atoms with Crippen LogP contribution in [0.5, 0.6) is 0 Å². The van der Waals surface area contributed by atoms with Gasteiger partial charge in [0.05, 0.1) is 6.20 Å². The molecule has 0 amide bonds. The fourth-order valence-electron chi connectivity index (χ4n) is 1.68. The second kappa shape index (κ2) is 2.54. The molecule has 0 fully saturated rings. The van der Waals surface area contributed by atoms with Gasteiger partial charge in [0.2, 0.25) is 0 Å². The van der Waals surface area contributed by atoms with E-state index in [2.05, 4.69) is 9.97 Å². The van der Waals surface area contributed by atoms with Crippen molar-refractivity contribution in [2.45, 2.75) is 6.92 Å². The van der Waals surface area contributed by atoms with Crippen LogP contribution in [0.3, 0.4) is 0 Å². The molecule has 0 N–H and O–H groups in total. The van der Waals surface area contributed by atoms with Crippen molar-refractivity contribution in [2.75, 3.05) is 0 Å². The summed E-state index contributed by atoms with van der Waals surface area (Å²) in [4.78, 5) is 8.14. The van der Waals surface area contributed by atoms with Gasteiger partial charge in [-0.25, -0.2) is 9.97 Å². The first-order valence-corrected chi connectivity index (χ1v) is 4.44. The Bertz CT molecular complexity index is 613. The number of para-hydroxylation sites is 1. The number of furan rings is 1. The van der Waals surface area contributed by atoms with Gasteiger partial charge in [0.25, 0.3) is 0 Å². The molecule has 0 saturated heterocycles. The predicted octanol–water partition coefficient (Wildman–Crippen LogP) is 2.68. The third kappa shape index (κ3) is 0.865. The first-order chi connectivity index (χ1) is 6.86. The fraction of sp³-hybridized carbons (Fsp3) is 0.0909. The van der Waals surface area contributed by atoms with E-state index in [0.29, 0.717) is 0 Å². The number of benzene rings is 1. The van der Waals surface area contributed by atoms with Crippen LogP contribution in [-0.4, -0.2) is 9.97 Å². The Morgan fingerprint density at radius 3 is 3.14 bits per heavy atom. The van der Waals surface area contributed by atoms with Gasteiger partial charge in [-0.1, -0.05) is 12.1 Å². The first-order valence-electron chi connectivity index (χ1n) is 4.44. The molecule has 3 heteroatoms. The van der Waals surface area contributed by atoms with Gasteiger partial charge in [0, 0.05) is 5.39 Å². The predicted molar refractivity (Wildman–Crippen MR) is 54.0 cm³/mol. The molecule has 0 atom stereocenters. The fourth-order valence-corrected chi connectivity index (χ4v) is 1.68. The summed E-state index contributed by atoms with van der Waals surface area (Å²) in [5, 5.41) is 1.06. The third-order valence-corrected chi connectivity index (χ3v) is 2.36. The second-order valence-electron chi connectivity index (χ2n) is 3.29. The average Bonchev–Trinajstić information content (AvgIpc) is 2.59. The number of hydrogen-bond donors (Lipinski definition) is 0. The SMILES string of the molecule is Cc1cccc2c1oc1cncnc12. The zero-order chi connectivity index (χ0) is 9.54. The maximum atomic E-state index is 5.66. The van der Waals surface area contributed by atoms with Crippen LogP contribution in [0.15, 0.2) is 35.1 Å². The minimum absolute atomic E-state index is 0.747. The van der Waals surface area contributed by atoms with E-state index in [1.54, 1.807) is 12.5 Å². The molecule has 3 rings (SSSR count). The Hall–Kier alpha value is -1.90. The van der Waals surface area contributed by atoms with Crippen LogP contribution < -0.4 is 0 Å². The average molecular weight is 184 g/mol. The molecule has 2 aromatic heterocycles. The molecule has 68 valence electrons. The Morgan fingerprint density at radius 2 is 2.21 bits per heavy atom. The molecule has 2 heterocycles. The normalized spacial score (nSPS) is 11.2. The number of hydrogen-bond acceptors (Lipinski definition) is 3. The van der Waals surface area contributed by atoms with Crippen LogP contribution in [0, 0.1) is 6.92 Å². The zero-order valence-corrected chi connectivity index (χ0v) is 7.69. The second-order valence-corrected chi connectivity index (χ2v) is 3.29. The van der Waals surface area contributed by atoms with Crippen LogP contribution >= 0.6 is 0 Å². The van der Waals surface area contributed by atoms with Crippen LogP contribution in [-0.2, 0) is 0 Å². The summed E-state index contributed by atoms with van der Waals surface area (Å²) < 4.78 is 5.66. The van der Waals surface area contributed by atoms with Gasteiger partial charge in [-0.3, -0.25) is 0 Å². The summed E-state index contributed by atoms with van der Waals surface area (Å²) in [5.74, 6) is 0. The van der Waals surface area contributed by atoms with Crippen molar-refractivity contribution >= 4 is 22.1 Å². The van der Waals surface area contributed by atoms with E-state index in [9.17, 15) is 0 Å². The van der Waals surface area contributed by atoms with E-state index in [0.717, 1.165) is 27.6 Å². The van der Waals surface area contributed by atoms with Crippen LogP contribution in [0.1, 0.15) is 5.56 Å². The standard InChI is InChI=1S/C11H8N2O/c1-7-3-2-4-8-10-9(14-11(7)8)5-12-6-13-10/h2-6H,1H3. The number of aromatic nitrogens is 2. The molecule has 0 aliphatic rings. The molecule has 0 radical (unpaired) electrons.